The van der Waals surface area contributed by atoms with Crippen LogP contribution in [0.2, 0.25) is 0 Å². The highest BCUT2D eigenvalue weighted by Crippen LogP contribution is 2.09. The zero-order valence-corrected chi connectivity index (χ0v) is 7.80. The van der Waals surface area contributed by atoms with Gasteiger partial charge in [-0.25, -0.2) is 13.2 Å². The molecule has 1 rings (SSSR count). The molecule has 0 aliphatic rings. The van der Waals surface area contributed by atoms with Gasteiger partial charge in [0.1, 0.15) is 5.82 Å². The third-order valence-electron chi connectivity index (χ3n) is 1.79. The van der Waals surface area contributed by atoms with Gasteiger partial charge in [0.2, 0.25) is 0 Å². The van der Waals surface area contributed by atoms with Gasteiger partial charge in [-0.15, -0.1) is 0 Å². The van der Waals surface area contributed by atoms with Crippen LogP contribution < -0.4 is 5.32 Å². The summed E-state index contributed by atoms with van der Waals surface area (Å²) in [7, 11) is 0. The fraction of sp³-hybridized carbons (Fsp3) is 0.300. The number of alkyl halides is 2. The Hall–Kier alpha value is -1.54. The molecule has 0 unspecified atom stereocenters. The van der Waals surface area contributed by atoms with Crippen molar-refractivity contribution in [1.29, 1.82) is 5.26 Å². The summed E-state index contributed by atoms with van der Waals surface area (Å²) in [5.41, 5.74) is 0.528. The molecule has 0 atom stereocenters. The fourth-order valence-corrected chi connectivity index (χ4v) is 1.10. The summed E-state index contributed by atoms with van der Waals surface area (Å²) in [6.07, 6.45) is -2.47. The van der Waals surface area contributed by atoms with Crippen molar-refractivity contribution in [3.05, 3.63) is 35.1 Å². The molecule has 5 heteroatoms. The summed E-state index contributed by atoms with van der Waals surface area (Å²) in [5.74, 6) is -0.504. The van der Waals surface area contributed by atoms with E-state index < -0.39 is 18.8 Å². The van der Waals surface area contributed by atoms with Gasteiger partial charge in [-0.05, 0) is 18.2 Å². The van der Waals surface area contributed by atoms with Crippen LogP contribution in [0.5, 0.6) is 0 Å². The van der Waals surface area contributed by atoms with E-state index in [9.17, 15) is 13.2 Å². The molecule has 15 heavy (non-hydrogen) atoms. The molecule has 0 heterocycles. The van der Waals surface area contributed by atoms with Crippen molar-refractivity contribution in [2.45, 2.75) is 13.0 Å². The molecule has 1 aromatic rings. The molecule has 2 nitrogen and oxygen atoms in total. The molecule has 0 fully saturated rings. The lowest BCUT2D eigenvalue weighted by atomic mass is 10.1. The van der Waals surface area contributed by atoms with Crippen molar-refractivity contribution in [3.8, 4) is 6.07 Å². The highest BCUT2D eigenvalue weighted by molar-refractivity contribution is 5.33. The fourth-order valence-electron chi connectivity index (χ4n) is 1.10. The van der Waals surface area contributed by atoms with E-state index in [1.54, 1.807) is 0 Å². The smallest absolute Gasteiger partial charge is 0.250 e. The average molecular weight is 214 g/mol. The van der Waals surface area contributed by atoms with Crippen LogP contribution in [-0.2, 0) is 6.54 Å². The van der Waals surface area contributed by atoms with Crippen LogP contribution in [0.15, 0.2) is 18.2 Å². The molecule has 80 valence electrons. The number of nitrogens with zero attached hydrogens (tertiary/aromatic N) is 1. The summed E-state index contributed by atoms with van der Waals surface area (Å²) in [4.78, 5) is 0. The number of nitrogens with one attached hydrogen (secondary N) is 1. The molecule has 0 radical (unpaired) electrons. The van der Waals surface area contributed by atoms with E-state index in [4.69, 9.17) is 5.26 Å². The van der Waals surface area contributed by atoms with Crippen molar-refractivity contribution in [2.75, 3.05) is 6.54 Å². The second-order valence-corrected chi connectivity index (χ2v) is 2.94. The SMILES string of the molecule is N#Cc1ccc(F)c(CNCC(F)F)c1. The van der Waals surface area contributed by atoms with Gasteiger partial charge in [-0.3, -0.25) is 0 Å². The minimum atomic E-state index is -2.47. The molecule has 0 amide bonds. The Morgan fingerprint density at radius 2 is 2.13 bits per heavy atom. The number of rotatable bonds is 4. The Balaban J connectivity index is 2.64. The first-order valence-electron chi connectivity index (χ1n) is 4.31. The van der Waals surface area contributed by atoms with Crippen molar-refractivity contribution in [1.82, 2.24) is 5.32 Å². The molecule has 1 N–H and O–H groups in total. The Kier molecular flexibility index (Phi) is 4.13. The van der Waals surface area contributed by atoms with Gasteiger partial charge in [0, 0.05) is 12.1 Å². The van der Waals surface area contributed by atoms with Crippen LogP contribution >= 0.6 is 0 Å². The highest BCUT2D eigenvalue weighted by Gasteiger charge is 2.05. The van der Waals surface area contributed by atoms with E-state index in [2.05, 4.69) is 5.32 Å². The molecular formula is C10H9F3N2. The molecule has 1 aromatic carbocycles. The molecule has 0 aliphatic heterocycles. The van der Waals surface area contributed by atoms with Crippen LogP contribution in [0.4, 0.5) is 13.2 Å². The Bertz CT molecular complexity index is 371. The largest absolute Gasteiger partial charge is 0.307 e. The van der Waals surface area contributed by atoms with Gasteiger partial charge in [-0.1, -0.05) is 0 Å². The number of benzene rings is 1. The van der Waals surface area contributed by atoms with Crippen molar-refractivity contribution >= 4 is 0 Å². The summed E-state index contributed by atoms with van der Waals surface area (Å²) < 4.78 is 36.6. The number of hydrogen-bond acceptors (Lipinski definition) is 2. The predicted molar refractivity (Wildman–Crippen MR) is 48.8 cm³/mol. The minimum Gasteiger partial charge on any atom is -0.307 e. The molecule has 0 aromatic heterocycles. The summed E-state index contributed by atoms with van der Waals surface area (Å²) in [6, 6.07) is 5.68. The molecule has 0 spiro atoms. The van der Waals surface area contributed by atoms with Crippen LogP contribution in [0, 0.1) is 17.1 Å². The first-order valence-corrected chi connectivity index (χ1v) is 4.31. The van der Waals surface area contributed by atoms with E-state index in [1.807, 2.05) is 6.07 Å². The molecular weight excluding hydrogens is 205 g/mol. The van der Waals surface area contributed by atoms with Gasteiger partial charge in [0.05, 0.1) is 18.2 Å². The highest BCUT2D eigenvalue weighted by atomic mass is 19.3. The standard InChI is InChI=1S/C10H9F3N2/c11-9-2-1-7(4-14)3-8(9)5-15-6-10(12)13/h1-3,10,15H,5-6H2. The monoisotopic (exact) mass is 214 g/mol. The lowest BCUT2D eigenvalue weighted by Crippen LogP contribution is -2.21. The number of nitriles is 1. The zero-order chi connectivity index (χ0) is 11.3. The molecule has 0 bridgehead atoms. The molecule has 0 saturated carbocycles. The number of halogens is 3. The lowest BCUT2D eigenvalue weighted by molar-refractivity contribution is 0.145. The van der Waals surface area contributed by atoms with E-state index >= 15 is 0 Å². The van der Waals surface area contributed by atoms with E-state index in [0.29, 0.717) is 5.56 Å². The lowest BCUT2D eigenvalue weighted by Gasteiger charge is -2.05. The van der Waals surface area contributed by atoms with E-state index in [1.165, 1.54) is 12.1 Å². The maximum atomic E-state index is 13.1. The Morgan fingerprint density at radius 3 is 2.73 bits per heavy atom. The summed E-state index contributed by atoms with van der Waals surface area (Å²) in [6.45, 7) is -0.498. The van der Waals surface area contributed by atoms with Gasteiger partial charge in [0.25, 0.3) is 6.43 Å². The topological polar surface area (TPSA) is 35.8 Å². The van der Waals surface area contributed by atoms with E-state index in [0.717, 1.165) is 6.07 Å². The Morgan fingerprint density at radius 1 is 1.40 bits per heavy atom. The first kappa shape index (κ1) is 11.5. The van der Waals surface area contributed by atoms with Crippen molar-refractivity contribution in [2.24, 2.45) is 0 Å². The van der Waals surface area contributed by atoms with E-state index in [-0.39, 0.29) is 12.1 Å². The Labute approximate surface area is 85.3 Å². The van der Waals surface area contributed by atoms with Crippen LogP contribution in [0.1, 0.15) is 11.1 Å². The maximum absolute atomic E-state index is 13.1. The second-order valence-electron chi connectivity index (χ2n) is 2.94. The normalized spacial score (nSPS) is 10.3. The minimum absolute atomic E-state index is 0.00824. The van der Waals surface area contributed by atoms with Gasteiger partial charge in [0.15, 0.2) is 0 Å². The summed E-state index contributed by atoms with van der Waals surface area (Å²) >= 11 is 0. The van der Waals surface area contributed by atoms with Crippen molar-refractivity contribution in [3.63, 3.8) is 0 Å². The quantitative estimate of drug-likeness (QED) is 0.832. The van der Waals surface area contributed by atoms with Crippen LogP contribution in [-0.4, -0.2) is 13.0 Å². The third kappa shape index (κ3) is 3.60. The zero-order valence-electron chi connectivity index (χ0n) is 7.80. The average Bonchev–Trinajstić information content (AvgIpc) is 2.20. The molecule has 0 saturated heterocycles. The second kappa shape index (κ2) is 5.37. The third-order valence-corrected chi connectivity index (χ3v) is 1.79. The van der Waals surface area contributed by atoms with Gasteiger partial charge < -0.3 is 5.32 Å². The van der Waals surface area contributed by atoms with Gasteiger partial charge >= 0.3 is 0 Å². The number of hydrogen-bond donors (Lipinski definition) is 1. The predicted octanol–water partition coefficient (Wildman–Crippen LogP) is 2.05. The first-order chi connectivity index (χ1) is 7.13. The van der Waals surface area contributed by atoms with Crippen LogP contribution in [0.25, 0.3) is 0 Å². The summed E-state index contributed by atoms with van der Waals surface area (Å²) in [5, 5.41) is 10.9. The molecule has 0 aliphatic carbocycles. The van der Waals surface area contributed by atoms with Crippen molar-refractivity contribution < 1.29 is 13.2 Å². The maximum Gasteiger partial charge on any atom is 0.250 e. The van der Waals surface area contributed by atoms with Crippen LogP contribution in [0.3, 0.4) is 0 Å². The van der Waals surface area contributed by atoms with Gasteiger partial charge in [-0.2, -0.15) is 5.26 Å².